The van der Waals surface area contributed by atoms with E-state index in [0.29, 0.717) is 10.3 Å². The number of rotatable bonds is 2. The molecule has 10 heavy (non-hydrogen) atoms. The number of nitrogens with zero attached hydrogens (tertiary/aromatic N) is 1. The van der Waals surface area contributed by atoms with Gasteiger partial charge in [0.15, 0.2) is 6.61 Å². The molecule has 4 heteroatoms. The summed E-state index contributed by atoms with van der Waals surface area (Å²) >= 11 is 6.84. The van der Waals surface area contributed by atoms with E-state index < -0.39 is 0 Å². The van der Waals surface area contributed by atoms with Crippen LogP contribution in [0, 0.1) is 12.3 Å². The van der Waals surface area contributed by atoms with E-state index in [0.717, 1.165) is 0 Å². The molecule has 0 aromatic carbocycles. The van der Waals surface area contributed by atoms with Crippen molar-refractivity contribution >= 4 is 22.9 Å². The smallest absolute Gasteiger partial charge is 0.275 e. The van der Waals surface area contributed by atoms with Crippen LogP contribution < -0.4 is 4.74 Å². The molecule has 0 unspecified atom stereocenters. The van der Waals surface area contributed by atoms with Crippen LogP contribution >= 0.6 is 22.9 Å². The average Bonchev–Trinajstić information content (AvgIpc) is 2.31. The van der Waals surface area contributed by atoms with E-state index >= 15 is 0 Å². The molecule has 0 amide bonds. The SMILES string of the molecule is C#CCOc1nc(Cl)cs1. The zero-order valence-corrected chi connectivity index (χ0v) is 6.58. The van der Waals surface area contributed by atoms with Crippen molar-refractivity contribution in [3.63, 3.8) is 0 Å². The summed E-state index contributed by atoms with van der Waals surface area (Å²) in [5, 5.41) is 2.65. The van der Waals surface area contributed by atoms with Crippen molar-refractivity contribution < 1.29 is 4.74 Å². The van der Waals surface area contributed by atoms with Gasteiger partial charge in [0.05, 0.1) is 0 Å². The van der Waals surface area contributed by atoms with Crippen LogP contribution in [0.3, 0.4) is 0 Å². The normalized spacial score (nSPS) is 8.80. The second-order valence-electron chi connectivity index (χ2n) is 1.43. The highest BCUT2D eigenvalue weighted by Gasteiger charge is 1.97. The van der Waals surface area contributed by atoms with Gasteiger partial charge in [-0.15, -0.1) is 6.42 Å². The van der Waals surface area contributed by atoms with Gasteiger partial charge in [-0.1, -0.05) is 28.9 Å². The molecule has 0 aliphatic heterocycles. The molecule has 1 aromatic rings. The lowest BCUT2D eigenvalue weighted by Crippen LogP contribution is -1.91. The Bertz CT molecular complexity index is 252. The number of aromatic nitrogens is 1. The van der Waals surface area contributed by atoms with Crippen molar-refractivity contribution in [2.45, 2.75) is 0 Å². The van der Waals surface area contributed by atoms with Gasteiger partial charge in [0.1, 0.15) is 5.15 Å². The topological polar surface area (TPSA) is 22.1 Å². The molecular formula is C6H4ClNOS. The van der Waals surface area contributed by atoms with Crippen molar-refractivity contribution in [3.05, 3.63) is 10.5 Å². The number of halogens is 1. The second kappa shape index (κ2) is 3.45. The van der Waals surface area contributed by atoms with E-state index in [9.17, 15) is 0 Å². The van der Waals surface area contributed by atoms with Gasteiger partial charge in [-0.2, -0.15) is 4.98 Å². The Hall–Kier alpha value is -0.720. The quantitative estimate of drug-likeness (QED) is 0.637. The Morgan fingerprint density at radius 1 is 1.90 bits per heavy atom. The Morgan fingerprint density at radius 3 is 3.20 bits per heavy atom. The van der Waals surface area contributed by atoms with E-state index in [1.54, 1.807) is 5.38 Å². The zero-order chi connectivity index (χ0) is 7.40. The fourth-order valence-corrected chi connectivity index (χ4v) is 1.20. The van der Waals surface area contributed by atoms with Gasteiger partial charge in [-0.3, -0.25) is 0 Å². The van der Waals surface area contributed by atoms with E-state index in [4.69, 9.17) is 22.8 Å². The summed E-state index contributed by atoms with van der Waals surface area (Å²) in [5.41, 5.74) is 0. The first-order valence-electron chi connectivity index (χ1n) is 2.50. The fourth-order valence-electron chi connectivity index (χ4n) is 0.409. The Kier molecular flexibility index (Phi) is 2.55. The van der Waals surface area contributed by atoms with Crippen molar-refractivity contribution in [2.75, 3.05) is 6.61 Å². The van der Waals surface area contributed by atoms with Gasteiger partial charge in [-0.05, 0) is 0 Å². The van der Waals surface area contributed by atoms with Crippen LogP contribution in [-0.2, 0) is 0 Å². The molecule has 2 nitrogen and oxygen atoms in total. The summed E-state index contributed by atoms with van der Waals surface area (Å²) in [4.78, 5) is 3.81. The lowest BCUT2D eigenvalue weighted by molar-refractivity contribution is 0.368. The summed E-state index contributed by atoms with van der Waals surface area (Å²) in [6.07, 6.45) is 4.95. The second-order valence-corrected chi connectivity index (χ2v) is 2.64. The maximum absolute atomic E-state index is 5.51. The minimum Gasteiger partial charge on any atom is -0.457 e. The molecule has 1 heterocycles. The molecule has 0 fully saturated rings. The Labute approximate surface area is 67.8 Å². The third-order valence-electron chi connectivity index (χ3n) is 0.734. The first-order chi connectivity index (χ1) is 4.83. The summed E-state index contributed by atoms with van der Waals surface area (Å²) < 4.78 is 4.96. The van der Waals surface area contributed by atoms with Crippen LogP contribution in [0.2, 0.25) is 5.15 Å². The third kappa shape index (κ3) is 1.90. The number of hydrogen-bond donors (Lipinski definition) is 0. The van der Waals surface area contributed by atoms with Gasteiger partial charge in [-0.25, -0.2) is 0 Å². The highest BCUT2D eigenvalue weighted by Crippen LogP contribution is 2.20. The van der Waals surface area contributed by atoms with Crippen LogP contribution in [0.15, 0.2) is 5.38 Å². The zero-order valence-electron chi connectivity index (χ0n) is 5.00. The molecule has 1 aromatic heterocycles. The lowest BCUT2D eigenvalue weighted by atomic mass is 10.8. The van der Waals surface area contributed by atoms with Gasteiger partial charge < -0.3 is 4.74 Å². The highest BCUT2D eigenvalue weighted by molar-refractivity contribution is 7.11. The maximum Gasteiger partial charge on any atom is 0.275 e. The number of ether oxygens (including phenoxy) is 1. The summed E-state index contributed by atoms with van der Waals surface area (Å²) in [6, 6.07) is 0. The van der Waals surface area contributed by atoms with Crippen LogP contribution in [0.4, 0.5) is 0 Å². The summed E-state index contributed by atoms with van der Waals surface area (Å²) in [5.74, 6) is 2.33. The monoisotopic (exact) mass is 173 g/mol. The molecule has 0 atom stereocenters. The molecule has 0 saturated carbocycles. The number of hydrogen-bond acceptors (Lipinski definition) is 3. The summed E-state index contributed by atoms with van der Waals surface area (Å²) in [7, 11) is 0. The molecule has 52 valence electrons. The van der Waals surface area contributed by atoms with E-state index in [-0.39, 0.29) is 6.61 Å². The predicted octanol–water partition coefficient (Wildman–Crippen LogP) is 1.81. The van der Waals surface area contributed by atoms with E-state index in [1.165, 1.54) is 11.3 Å². The minimum atomic E-state index is 0.240. The van der Waals surface area contributed by atoms with Crippen molar-refractivity contribution in [3.8, 4) is 17.5 Å². The molecule has 0 radical (unpaired) electrons. The van der Waals surface area contributed by atoms with Gasteiger partial charge in [0, 0.05) is 5.38 Å². The lowest BCUT2D eigenvalue weighted by Gasteiger charge is -1.91. The first-order valence-corrected chi connectivity index (χ1v) is 3.76. The van der Waals surface area contributed by atoms with E-state index in [2.05, 4.69) is 10.9 Å². The van der Waals surface area contributed by atoms with Crippen molar-refractivity contribution in [1.82, 2.24) is 4.98 Å². The van der Waals surface area contributed by atoms with Crippen LogP contribution in [0.5, 0.6) is 5.19 Å². The molecule has 0 saturated heterocycles. The van der Waals surface area contributed by atoms with Crippen LogP contribution in [0.25, 0.3) is 0 Å². The summed E-state index contributed by atoms with van der Waals surface area (Å²) in [6.45, 7) is 0.240. The molecule has 0 bridgehead atoms. The molecule has 1 rings (SSSR count). The molecular weight excluding hydrogens is 170 g/mol. The van der Waals surface area contributed by atoms with Gasteiger partial charge >= 0.3 is 0 Å². The van der Waals surface area contributed by atoms with Crippen LogP contribution in [-0.4, -0.2) is 11.6 Å². The number of thiazole rings is 1. The van der Waals surface area contributed by atoms with Gasteiger partial charge in [0.25, 0.3) is 5.19 Å². The van der Waals surface area contributed by atoms with E-state index in [1.807, 2.05) is 0 Å². The molecule has 0 N–H and O–H groups in total. The molecule has 0 aliphatic rings. The minimum absolute atomic E-state index is 0.240. The van der Waals surface area contributed by atoms with Crippen molar-refractivity contribution in [1.29, 1.82) is 0 Å². The maximum atomic E-state index is 5.51. The standard InChI is InChI=1S/C6H4ClNOS/c1-2-3-9-6-8-5(7)4-10-6/h1,4H,3H2. The predicted molar refractivity (Wildman–Crippen MR) is 41.5 cm³/mol. The first kappa shape index (κ1) is 7.39. The Balaban J connectivity index is 2.52. The third-order valence-corrected chi connectivity index (χ3v) is 1.81. The largest absolute Gasteiger partial charge is 0.457 e. The van der Waals surface area contributed by atoms with Crippen LogP contribution in [0.1, 0.15) is 0 Å². The van der Waals surface area contributed by atoms with Gasteiger partial charge in [0.2, 0.25) is 0 Å². The highest BCUT2D eigenvalue weighted by atomic mass is 35.5. The fraction of sp³-hybridized carbons (Fsp3) is 0.167. The molecule has 0 spiro atoms. The number of terminal acetylenes is 1. The average molecular weight is 174 g/mol. The Morgan fingerprint density at radius 2 is 2.70 bits per heavy atom. The molecule has 0 aliphatic carbocycles. The van der Waals surface area contributed by atoms with Crippen molar-refractivity contribution in [2.24, 2.45) is 0 Å².